The lowest BCUT2D eigenvalue weighted by atomic mass is 10.0. The third-order valence-electron chi connectivity index (χ3n) is 3.98. The Hall–Kier alpha value is -0.910. The Labute approximate surface area is 132 Å². The lowest BCUT2D eigenvalue weighted by molar-refractivity contribution is 0.246. The Kier molecular flexibility index (Phi) is 5.41. The molecule has 118 valence electrons. The SMILES string of the molecule is Cc1nc2scc(C)n2c1CNCC(CC(C)C)N(C)C. The van der Waals surface area contributed by atoms with Crippen molar-refractivity contribution in [3.8, 4) is 0 Å². The van der Waals surface area contributed by atoms with Gasteiger partial charge in [-0.2, -0.15) is 0 Å². The van der Waals surface area contributed by atoms with Gasteiger partial charge in [0.25, 0.3) is 0 Å². The van der Waals surface area contributed by atoms with Crippen molar-refractivity contribution in [3.05, 3.63) is 22.5 Å². The van der Waals surface area contributed by atoms with Crippen LogP contribution in [0.4, 0.5) is 0 Å². The highest BCUT2D eigenvalue weighted by Crippen LogP contribution is 2.20. The number of hydrogen-bond donors (Lipinski definition) is 1. The van der Waals surface area contributed by atoms with Gasteiger partial charge in [-0.15, -0.1) is 11.3 Å². The number of fused-ring (bicyclic) bond motifs is 1. The normalized spacial score (nSPS) is 13.7. The monoisotopic (exact) mass is 308 g/mol. The predicted octanol–water partition coefficient (Wildman–Crippen LogP) is 3.08. The summed E-state index contributed by atoms with van der Waals surface area (Å²) in [7, 11) is 4.33. The molecule has 0 saturated carbocycles. The Balaban J connectivity index is 2.01. The van der Waals surface area contributed by atoms with Crippen LogP contribution in [0.25, 0.3) is 4.96 Å². The van der Waals surface area contributed by atoms with Gasteiger partial charge in [-0.25, -0.2) is 4.98 Å². The number of likely N-dealkylation sites (N-methyl/N-ethyl adjacent to an activating group) is 1. The van der Waals surface area contributed by atoms with Crippen LogP contribution < -0.4 is 5.32 Å². The minimum Gasteiger partial charge on any atom is -0.310 e. The molecular formula is C16H28N4S. The van der Waals surface area contributed by atoms with Crippen molar-refractivity contribution in [2.24, 2.45) is 5.92 Å². The van der Waals surface area contributed by atoms with Gasteiger partial charge in [-0.1, -0.05) is 13.8 Å². The molecule has 0 bridgehead atoms. The number of nitrogens with one attached hydrogen (secondary N) is 1. The average Bonchev–Trinajstić information content (AvgIpc) is 2.88. The second-order valence-electron chi connectivity index (χ2n) is 6.52. The summed E-state index contributed by atoms with van der Waals surface area (Å²) in [6, 6.07) is 0.581. The number of rotatable bonds is 7. The molecule has 0 aliphatic rings. The first kappa shape index (κ1) is 16.5. The lowest BCUT2D eigenvalue weighted by Crippen LogP contribution is -2.38. The maximum absolute atomic E-state index is 4.65. The number of imidazole rings is 1. The molecule has 0 aliphatic carbocycles. The minimum absolute atomic E-state index is 0.581. The molecule has 1 atom stereocenters. The van der Waals surface area contributed by atoms with Crippen LogP contribution in [0.15, 0.2) is 5.38 Å². The average molecular weight is 308 g/mol. The van der Waals surface area contributed by atoms with E-state index in [1.54, 1.807) is 11.3 Å². The molecule has 1 unspecified atom stereocenters. The van der Waals surface area contributed by atoms with E-state index < -0.39 is 0 Å². The molecular weight excluding hydrogens is 280 g/mol. The van der Waals surface area contributed by atoms with E-state index in [0.717, 1.165) is 29.7 Å². The summed E-state index contributed by atoms with van der Waals surface area (Å²) in [4.78, 5) is 8.07. The van der Waals surface area contributed by atoms with Crippen LogP contribution in [-0.4, -0.2) is 41.0 Å². The molecule has 0 aliphatic heterocycles. The molecule has 0 saturated heterocycles. The molecule has 4 nitrogen and oxygen atoms in total. The van der Waals surface area contributed by atoms with Crippen molar-refractivity contribution < 1.29 is 0 Å². The molecule has 0 radical (unpaired) electrons. The molecule has 2 aromatic rings. The van der Waals surface area contributed by atoms with Crippen LogP contribution in [0.3, 0.4) is 0 Å². The van der Waals surface area contributed by atoms with Gasteiger partial charge in [-0.05, 0) is 40.3 Å². The Morgan fingerprint density at radius 1 is 1.33 bits per heavy atom. The maximum atomic E-state index is 4.65. The molecule has 21 heavy (non-hydrogen) atoms. The Bertz CT molecular complexity index is 582. The summed E-state index contributed by atoms with van der Waals surface area (Å²) in [5.74, 6) is 0.724. The molecule has 5 heteroatoms. The van der Waals surface area contributed by atoms with Crippen LogP contribution in [0, 0.1) is 19.8 Å². The van der Waals surface area contributed by atoms with Crippen LogP contribution >= 0.6 is 11.3 Å². The van der Waals surface area contributed by atoms with Crippen molar-refractivity contribution in [2.45, 2.75) is 46.7 Å². The van der Waals surface area contributed by atoms with E-state index >= 15 is 0 Å². The zero-order valence-electron chi connectivity index (χ0n) is 14.1. The number of aryl methyl sites for hydroxylation is 2. The standard InChI is InChI=1S/C16H28N4S/c1-11(2)7-14(19(5)6)8-17-9-15-13(4)18-16-20(15)12(3)10-21-16/h10-11,14,17H,7-9H2,1-6H3. The van der Waals surface area contributed by atoms with E-state index in [2.05, 4.69) is 66.8 Å². The van der Waals surface area contributed by atoms with Crippen molar-refractivity contribution in [1.29, 1.82) is 0 Å². The van der Waals surface area contributed by atoms with Gasteiger partial charge in [0.1, 0.15) is 0 Å². The fraction of sp³-hybridized carbons (Fsp3) is 0.688. The molecule has 0 spiro atoms. The Morgan fingerprint density at radius 2 is 2.05 bits per heavy atom. The zero-order chi connectivity index (χ0) is 15.6. The summed E-state index contributed by atoms with van der Waals surface area (Å²) in [6.07, 6.45) is 1.22. The summed E-state index contributed by atoms with van der Waals surface area (Å²) in [5, 5.41) is 5.80. The minimum atomic E-state index is 0.581. The second kappa shape index (κ2) is 6.90. The van der Waals surface area contributed by atoms with Gasteiger partial charge in [0.2, 0.25) is 0 Å². The number of aromatic nitrogens is 2. The first-order valence-electron chi connectivity index (χ1n) is 7.69. The number of hydrogen-bond acceptors (Lipinski definition) is 4. The van der Waals surface area contributed by atoms with Gasteiger partial charge in [-0.3, -0.25) is 4.40 Å². The van der Waals surface area contributed by atoms with E-state index in [4.69, 9.17) is 0 Å². The molecule has 2 aromatic heterocycles. The summed E-state index contributed by atoms with van der Waals surface area (Å²) in [6.45, 7) is 10.7. The van der Waals surface area contributed by atoms with E-state index in [-0.39, 0.29) is 0 Å². The molecule has 2 rings (SSSR count). The van der Waals surface area contributed by atoms with Gasteiger partial charge in [0.05, 0.1) is 11.4 Å². The summed E-state index contributed by atoms with van der Waals surface area (Å²) < 4.78 is 2.28. The van der Waals surface area contributed by atoms with Crippen molar-refractivity contribution in [1.82, 2.24) is 19.6 Å². The summed E-state index contributed by atoms with van der Waals surface area (Å²) >= 11 is 1.72. The largest absolute Gasteiger partial charge is 0.310 e. The third kappa shape index (κ3) is 3.84. The van der Waals surface area contributed by atoms with E-state index in [1.165, 1.54) is 17.8 Å². The maximum Gasteiger partial charge on any atom is 0.194 e. The van der Waals surface area contributed by atoms with Crippen molar-refractivity contribution in [2.75, 3.05) is 20.6 Å². The van der Waals surface area contributed by atoms with E-state index in [9.17, 15) is 0 Å². The lowest BCUT2D eigenvalue weighted by Gasteiger charge is -2.26. The van der Waals surface area contributed by atoms with Gasteiger partial charge >= 0.3 is 0 Å². The fourth-order valence-corrected chi connectivity index (χ4v) is 3.68. The predicted molar refractivity (Wildman–Crippen MR) is 91.2 cm³/mol. The highest BCUT2D eigenvalue weighted by molar-refractivity contribution is 7.15. The Morgan fingerprint density at radius 3 is 2.67 bits per heavy atom. The third-order valence-corrected chi connectivity index (χ3v) is 4.92. The van der Waals surface area contributed by atoms with Crippen LogP contribution in [0.1, 0.15) is 37.4 Å². The first-order valence-corrected chi connectivity index (χ1v) is 8.57. The number of thiazole rings is 1. The molecule has 0 amide bonds. The first-order chi connectivity index (χ1) is 9.90. The van der Waals surface area contributed by atoms with E-state index in [1.807, 2.05) is 0 Å². The van der Waals surface area contributed by atoms with Gasteiger partial charge in [0, 0.05) is 30.2 Å². The van der Waals surface area contributed by atoms with Gasteiger partial charge < -0.3 is 10.2 Å². The van der Waals surface area contributed by atoms with Crippen LogP contribution in [0.5, 0.6) is 0 Å². The molecule has 1 N–H and O–H groups in total. The van der Waals surface area contributed by atoms with Crippen LogP contribution in [0.2, 0.25) is 0 Å². The van der Waals surface area contributed by atoms with Gasteiger partial charge in [0.15, 0.2) is 4.96 Å². The molecule has 0 fully saturated rings. The molecule has 2 heterocycles. The highest BCUT2D eigenvalue weighted by Gasteiger charge is 2.15. The second-order valence-corrected chi connectivity index (χ2v) is 7.35. The van der Waals surface area contributed by atoms with Crippen molar-refractivity contribution in [3.63, 3.8) is 0 Å². The van der Waals surface area contributed by atoms with E-state index in [0.29, 0.717) is 6.04 Å². The van der Waals surface area contributed by atoms with Crippen LogP contribution in [-0.2, 0) is 6.54 Å². The summed E-state index contributed by atoms with van der Waals surface area (Å²) in [5.41, 5.74) is 3.72. The molecule has 0 aromatic carbocycles. The van der Waals surface area contributed by atoms with Crippen molar-refractivity contribution >= 4 is 16.3 Å². The zero-order valence-corrected chi connectivity index (χ0v) is 14.9. The highest BCUT2D eigenvalue weighted by atomic mass is 32.1. The topological polar surface area (TPSA) is 32.6 Å². The fourth-order valence-electron chi connectivity index (χ4n) is 2.75. The quantitative estimate of drug-likeness (QED) is 0.853. The number of nitrogens with zero attached hydrogens (tertiary/aromatic N) is 3. The smallest absolute Gasteiger partial charge is 0.194 e.